The number of ether oxygens (including phenoxy) is 1. The molecule has 1 unspecified atom stereocenters. The molecule has 1 aliphatic carbocycles. The van der Waals surface area contributed by atoms with Crippen LogP contribution in [0.1, 0.15) is 17.5 Å². The fraction of sp³-hybridized carbons (Fsp3) is 0.529. The molecule has 1 atom stereocenters. The molecule has 0 heterocycles. The van der Waals surface area contributed by atoms with Gasteiger partial charge in [0.2, 0.25) is 0 Å². The molecule has 23 heavy (non-hydrogen) atoms. The van der Waals surface area contributed by atoms with E-state index >= 15 is 0 Å². The van der Waals surface area contributed by atoms with Crippen molar-refractivity contribution in [1.82, 2.24) is 5.32 Å². The fourth-order valence-corrected chi connectivity index (χ4v) is 3.85. The maximum Gasteiger partial charge on any atom is 0.407 e. The number of benzene rings is 1. The number of carbonyl (C=O) groups excluding carboxylic acids is 2. The minimum absolute atomic E-state index is 0.251. The van der Waals surface area contributed by atoms with Gasteiger partial charge in [-0.15, -0.1) is 0 Å². The molecule has 0 saturated heterocycles. The van der Waals surface area contributed by atoms with Crippen LogP contribution in [0.3, 0.4) is 0 Å². The van der Waals surface area contributed by atoms with Gasteiger partial charge in [0.15, 0.2) is 0 Å². The largest absolute Gasteiger partial charge is 0.450 e. The van der Waals surface area contributed by atoms with Gasteiger partial charge < -0.3 is 14.8 Å². The van der Waals surface area contributed by atoms with E-state index in [0.717, 1.165) is 23.5 Å². The molecule has 1 N–H and O–H groups in total. The fourth-order valence-electron chi connectivity index (χ4n) is 2.88. The van der Waals surface area contributed by atoms with Crippen molar-refractivity contribution in [2.45, 2.75) is 50.5 Å². The summed E-state index contributed by atoms with van der Waals surface area (Å²) in [6.45, 7) is 7.12. The summed E-state index contributed by atoms with van der Waals surface area (Å²) in [5, 5.41) is 3.60. The number of carbonyl (C=O) groups is 2. The highest BCUT2D eigenvalue weighted by atomic mass is 35.5. The van der Waals surface area contributed by atoms with Crippen LogP contribution in [0.25, 0.3) is 0 Å². The Hall–Kier alpha value is -1.33. The first kappa shape index (κ1) is 18.0. The molecular weight excluding hydrogens is 330 g/mol. The number of alkyl carbamates (subject to hydrolysis) is 1. The Labute approximate surface area is 143 Å². The third-order valence-corrected chi connectivity index (χ3v) is 6.24. The van der Waals surface area contributed by atoms with Crippen LogP contribution in [0.2, 0.25) is 30.7 Å². The number of halogens is 1. The standard InChI is InChI=1S/C17H24ClNO3Si/c1-23(2,3)10-9-22-16(21)19-17(7-8-20)11-13-5-4-6-15(18)14(13)12-17/h4-6,8H,7,9-12H2,1-3H3,(H,19,21). The second-order valence-electron chi connectivity index (χ2n) is 7.45. The Morgan fingerprint density at radius 2 is 2.13 bits per heavy atom. The van der Waals surface area contributed by atoms with E-state index in [4.69, 9.17) is 16.3 Å². The van der Waals surface area contributed by atoms with Crippen LogP contribution in [0.5, 0.6) is 0 Å². The molecule has 0 spiro atoms. The summed E-state index contributed by atoms with van der Waals surface area (Å²) in [4.78, 5) is 23.2. The average Bonchev–Trinajstić information content (AvgIpc) is 2.77. The molecule has 1 amide bonds. The normalized spacial score (nSPS) is 20.0. The van der Waals surface area contributed by atoms with Crippen LogP contribution in [-0.2, 0) is 22.4 Å². The van der Waals surface area contributed by atoms with Gasteiger partial charge in [0.05, 0.1) is 12.1 Å². The van der Waals surface area contributed by atoms with Crippen LogP contribution < -0.4 is 5.32 Å². The number of aldehydes is 1. The molecule has 4 nitrogen and oxygen atoms in total. The molecule has 0 bridgehead atoms. The predicted octanol–water partition coefficient (Wildman–Crippen LogP) is 3.83. The van der Waals surface area contributed by atoms with Gasteiger partial charge in [-0.3, -0.25) is 0 Å². The lowest BCUT2D eigenvalue weighted by Gasteiger charge is -2.28. The van der Waals surface area contributed by atoms with Crippen LogP contribution >= 0.6 is 11.6 Å². The number of fused-ring (bicyclic) bond motifs is 1. The first-order valence-electron chi connectivity index (χ1n) is 7.90. The zero-order valence-corrected chi connectivity index (χ0v) is 15.7. The molecule has 0 aromatic heterocycles. The van der Waals surface area contributed by atoms with Crippen molar-refractivity contribution in [1.29, 1.82) is 0 Å². The number of nitrogens with one attached hydrogen (secondary N) is 1. The molecule has 0 radical (unpaired) electrons. The van der Waals surface area contributed by atoms with Crippen LogP contribution in [0, 0.1) is 0 Å². The Balaban J connectivity index is 2.02. The van der Waals surface area contributed by atoms with Crippen molar-refractivity contribution in [2.24, 2.45) is 0 Å². The van der Waals surface area contributed by atoms with Gasteiger partial charge in [0, 0.05) is 19.5 Å². The molecule has 1 aromatic rings. The molecule has 6 heteroatoms. The molecule has 0 saturated carbocycles. The van der Waals surface area contributed by atoms with E-state index in [2.05, 4.69) is 25.0 Å². The van der Waals surface area contributed by atoms with Gasteiger partial charge in [-0.1, -0.05) is 43.4 Å². The molecule has 0 aliphatic heterocycles. The Morgan fingerprint density at radius 3 is 2.74 bits per heavy atom. The van der Waals surface area contributed by atoms with Crippen molar-refractivity contribution in [3.05, 3.63) is 34.3 Å². The summed E-state index contributed by atoms with van der Waals surface area (Å²) in [6, 6.07) is 6.65. The van der Waals surface area contributed by atoms with E-state index in [0.29, 0.717) is 24.5 Å². The summed E-state index contributed by atoms with van der Waals surface area (Å²) in [6.07, 6.45) is 1.81. The minimum Gasteiger partial charge on any atom is -0.450 e. The average molecular weight is 354 g/mol. The molecule has 126 valence electrons. The number of rotatable bonds is 6. The van der Waals surface area contributed by atoms with Crippen LogP contribution in [0.15, 0.2) is 18.2 Å². The van der Waals surface area contributed by atoms with E-state index in [1.165, 1.54) is 0 Å². The first-order valence-corrected chi connectivity index (χ1v) is 12.0. The second kappa shape index (κ2) is 7.05. The van der Waals surface area contributed by atoms with E-state index in [-0.39, 0.29) is 6.42 Å². The van der Waals surface area contributed by atoms with Gasteiger partial charge >= 0.3 is 6.09 Å². The Bertz CT molecular complexity index is 600. The summed E-state index contributed by atoms with van der Waals surface area (Å²) < 4.78 is 5.32. The molecule has 0 fully saturated rings. The molecule has 1 aromatic carbocycles. The summed E-state index contributed by atoms with van der Waals surface area (Å²) in [7, 11) is -1.24. The lowest BCUT2D eigenvalue weighted by Crippen LogP contribution is -2.50. The quantitative estimate of drug-likeness (QED) is 0.624. The summed E-state index contributed by atoms with van der Waals surface area (Å²) in [5.41, 5.74) is 1.48. The lowest BCUT2D eigenvalue weighted by atomic mass is 9.92. The highest BCUT2D eigenvalue weighted by Crippen LogP contribution is 2.36. The molecule has 2 rings (SSSR count). The highest BCUT2D eigenvalue weighted by Gasteiger charge is 2.39. The second-order valence-corrected chi connectivity index (χ2v) is 13.5. The lowest BCUT2D eigenvalue weighted by molar-refractivity contribution is -0.109. The van der Waals surface area contributed by atoms with Crippen molar-refractivity contribution < 1.29 is 14.3 Å². The maximum absolute atomic E-state index is 12.1. The maximum atomic E-state index is 12.1. The van der Waals surface area contributed by atoms with Crippen molar-refractivity contribution in [3.63, 3.8) is 0 Å². The number of hydrogen-bond acceptors (Lipinski definition) is 3. The van der Waals surface area contributed by atoms with Gasteiger partial charge in [0.25, 0.3) is 0 Å². The first-order chi connectivity index (χ1) is 10.7. The molecule has 1 aliphatic rings. The topological polar surface area (TPSA) is 55.4 Å². The van der Waals surface area contributed by atoms with E-state index in [1.807, 2.05) is 18.2 Å². The van der Waals surface area contributed by atoms with E-state index in [9.17, 15) is 9.59 Å². The number of hydrogen-bond donors (Lipinski definition) is 1. The van der Waals surface area contributed by atoms with E-state index < -0.39 is 19.7 Å². The zero-order valence-electron chi connectivity index (χ0n) is 13.9. The minimum atomic E-state index is -1.24. The highest BCUT2D eigenvalue weighted by molar-refractivity contribution is 6.76. The summed E-state index contributed by atoms with van der Waals surface area (Å²) in [5.74, 6) is 0. The van der Waals surface area contributed by atoms with Gasteiger partial charge in [-0.05, 0) is 36.1 Å². The van der Waals surface area contributed by atoms with Crippen molar-refractivity contribution in [3.8, 4) is 0 Å². The van der Waals surface area contributed by atoms with Crippen molar-refractivity contribution >= 4 is 32.1 Å². The van der Waals surface area contributed by atoms with Gasteiger partial charge in [-0.2, -0.15) is 0 Å². The summed E-state index contributed by atoms with van der Waals surface area (Å²) >= 11 is 6.24. The van der Waals surface area contributed by atoms with Crippen molar-refractivity contribution in [2.75, 3.05) is 6.61 Å². The Kier molecular flexibility index (Phi) is 5.52. The SMILES string of the molecule is C[Si](C)(C)CCOC(=O)NC1(CC=O)Cc2cccc(Cl)c2C1. The van der Waals surface area contributed by atoms with Gasteiger partial charge in [0.1, 0.15) is 6.29 Å². The van der Waals surface area contributed by atoms with Gasteiger partial charge in [-0.25, -0.2) is 4.79 Å². The monoisotopic (exact) mass is 353 g/mol. The third kappa shape index (κ3) is 4.82. The third-order valence-electron chi connectivity index (χ3n) is 4.19. The smallest absolute Gasteiger partial charge is 0.407 e. The van der Waals surface area contributed by atoms with Crippen LogP contribution in [-0.4, -0.2) is 32.6 Å². The van der Waals surface area contributed by atoms with Crippen LogP contribution in [0.4, 0.5) is 4.79 Å². The molecular formula is C17H24ClNO3Si. The predicted molar refractivity (Wildman–Crippen MR) is 94.9 cm³/mol. The number of amides is 1. The Morgan fingerprint density at radius 1 is 1.39 bits per heavy atom. The van der Waals surface area contributed by atoms with E-state index in [1.54, 1.807) is 0 Å². The zero-order chi connectivity index (χ0) is 17.1.